The zero-order valence-corrected chi connectivity index (χ0v) is 13.3. The van der Waals surface area contributed by atoms with Gasteiger partial charge in [0.25, 0.3) is 0 Å². The molecule has 1 aromatic rings. The fourth-order valence-electron chi connectivity index (χ4n) is 3.15. The zero-order chi connectivity index (χ0) is 16.2. The second-order valence-corrected chi connectivity index (χ2v) is 6.53. The molecular formula is C18H23FN2O2. The average Bonchev–Trinajstić information content (AvgIpc) is 3.41. The summed E-state index contributed by atoms with van der Waals surface area (Å²) in [6.07, 6.45) is 4.17. The second kappa shape index (κ2) is 7.11. The van der Waals surface area contributed by atoms with Crippen LogP contribution in [0.25, 0.3) is 0 Å². The Balaban J connectivity index is 1.46. The molecule has 1 atom stereocenters. The average molecular weight is 318 g/mol. The summed E-state index contributed by atoms with van der Waals surface area (Å²) < 4.78 is 13.5. The Morgan fingerprint density at radius 1 is 1.17 bits per heavy atom. The van der Waals surface area contributed by atoms with Gasteiger partial charge in [-0.3, -0.25) is 9.59 Å². The molecule has 1 N–H and O–H groups in total. The van der Waals surface area contributed by atoms with E-state index in [2.05, 4.69) is 5.32 Å². The van der Waals surface area contributed by atoms with Gasteiger partial charge in [0.1, 0.15) is 5.82 Å². The standard InChI is InChI=1S/C18H23FN2O2/c19-16-6-2-1-4-13(16)9-10-20-17(22)15-5-3-11-21(12-15)18(23)14-7-8-14/h1-2,4,6,14-15H,3,5,7-12H2,(H,20,22). The maximum absolute atomic E-state index is 13.5. The molecule has 124 valence electrons. The predicted octanol–water partition coefficient (Wildman–Crippen LogP) is 2.13. The third-order valence-corrected chi connectivity index (χ3v) is 4.68. The summed E-state index contributed by atoms with van der Waals surface area (Å²) in [5.41, 5.74) is 0.613. The molecule has 1 heterocycles. The maximum Gasteiger partial charge on any atom is 0.225 e. The molecule has 2 fully saturated rings. The normalized spacial score (nSPS) is 21.1. The Morgan fingerprint density at radius 2 is 1.96 bits per heavy atom. The third-order valence-electron chi connectivity index (χ3n) is 4.68. The van der Waals surface area contributed by atoms with E-state index in [1.54, 1.807) is 18.2 Å². The Bertz CT molecular complexity index is 586. The van der Waals surface area contributed by atoms with Gasteiger partial charge in [-0.05, 0) is 43.7 Å². The van der Waals surface area contributed by atoms with Crippen LogP contribution in [0.1, 0.15) is 31.2 Å². The molecule has 1 aliphatic carbocycles. The smallest absolute Gasteiger partial charge is 0.225 e. The van der Waals surface area contributed by atoms with Crippen molar-refractivity contribution in [2.24, 2.45) is 11.8 Å². The predicted molar refractivity (Wildman–Crippen MR) is 85.1 cm³/mol. The summed E-state index contributed by atoms with van der Waals surface area (Å²) in [6, 6.07) is 6.62. The highest BCUT2D eigenvalue weighted by Gasteiger charge is 2.36. The van der Waals surface area contributed by atoms with Crippen LogP contribution in [0.15, 0.2) is 24.3 Å². The quantitative estimate of drug-likeness (QED) is 0.904. The lowest BCUT2D eigenvalue weighted by molar-refractivity contribution is -0.136. The number of nitrogens with one attached hydrogen (secondary N) is 1. The van der Waals surface area contributed by atoms with E-state index in [0.717, 1.165) is 32.2 Å². The van der Waals surface area contributed by atoms with E-state index in [-0.39, 0.29) is 29.5 Å². The highest BCUT2D eigenvalue weighted by atomic mass is 19.1. The number of rotatable bonds is 5. The van der Waals surface area contributed by atoms with Crippen molar-refractivity contribution in [2.45, 2.75) is 32.1 Å². The fraction of sp³-hybridized carbons (Fsp3) is 0.556. The summed E-state index contributed by atoms with van der Waals surface area (Å²) in [5, 5.41) is 2.89. The number of amides is 2. The van der Waals surface area contributed by atoms with Gasteiger partial charge in [-0.2, -0.15) is 0 Å². The van der Waals surface area contributed by atoms with Gasteiger partial charge in [0.2, 0.25) is 11.8 Å². The van der Waals surface area contributed by atoms with E-state index in [4.69, 9.17) is 0 Å². The van der Waals surface area contributed by atoms with Crippen LogP contribution in [0.5, 0.6) is 0 Å². The van der Waals surface area contributed by atoms with Gasteiger partial charge in [-0.25, -0.2) is 4.39 Å². The first-order valence-electron chi connectivity index (χ1n) is 8.45. The van der Waals surface area contributed by atoms with Gasteiger partial charge in [0, 0.05) is 25.6 Å². The van der Waals surface area contributed by atoms with E-state index < -0.39 is 0 Å². The number of nitrogens with zero attached hydrogens (tertiary/aromatic N) is 1. The lowest BCUT2D eigenvalue weighted by Gasteiger charge is -2.32. The minimum Gasteiger partial charge on any atom is -0.355 e. The largest absolute Gasteiger partial charge is 0.355 e. The summed E-state index contributed by atoms with van der Waals surface area (Å²) in [5.74, 6) is 0.0362. The molecule has 5 heteroatoms. The van der Waals surface area contributed by atoms with Crippen LogP contribution in [-0.4, -0.2) is 36.3 Å². The van der Waals surface area contributed by atoms with Crippen LogP contribution < -0.4 is 5.32 Å². The molecule has 0 radical (unpaired) electrons. The fourth-order valence-corrected chi connectivity index (χ4v) is 3.15. The van der Waals surface area contributed by atoms with Crippen LogP contribution in [0.3, 0.4) is 0 Å². The lowest BCUT2D eigenvalue weighted by atomic mass is 9.96. The molecule has 0 spiro atoms. The SMILES string of the molecule is O=C(NCCc1ccccc1F)C1CCCN(C(=O)C2CC2)C1. The highest BCUT2D eigenvalue weighted by molar-refractivity contribution is 5.83. The first-order chi connectivity index (χ1) is 11.1. The molecule has 1 aliphatic heterocycles. The van der Waals surface area contributed by atoms with Crippen molar-refractivity contribution in [3.05, 3.63) is 35.6 Å². The first kappa shape index (κ1) is 16.0. The van der Waals surface area contributed by atoms with Crippen LogP contribution >= 0.6 is 0 Å². The van der Waals surface area contributed by atoms with Crippen LogP contribution in [-0.2, 0) is 16.0 Å². The molecular weight excluding hydrogens is 295 g/mol. The van der Waals surface area contributed by atoms with Crippen LogP contribution in [0.2, 0.25) is 0 Å². The summed E-state index contributed by atoms with van der Waals surface area (Å²) in [6.45, 7) is 1.72. The van der Waals surface area contributed by atoms with Gasteiger partial charge in [0.05, 0.1) is 5.92 Å². The summed E-state index contributed by atoms with van der Waals surface area (Å²) in [4.78, 5) is 26.3. The minimum atomic E-state index is -0.236. The molecule has 1 unspecified atom stereocenters. The first-order valence-corrected chi connectivity index (χ1v) is 8.45. The maximum atomic E-state index is 13.5. The molecule has 1 saturated carbocycles. The second-order valence-electron chi connectivity index (χ2n) is 6.53. The monoisotopic (exact) mass is 318 g/mol. The molecule has 2 amide bonds. The van der Waals surface area contributed by atoms with E-state index in [1.807, 2.05) is 4.90 Å². The molecule has 4 nitrogen and oxygen atoms in total. The van der Waals surface area contributed by atoms with Crippen molar-refractivity contribution in [3.8, 4) is 0 Å². The molecule has 1 saturated heterocycles. The van der Waals surface area contributed by atoms with E-state index in [9.17, 15) is 14.0 Å². The molecule has 0 bridgehead atoms. The van der Waals surface area contributed by atoms with Gasteiger partial charge in [-0.1, -0.05) is 18.2 Å². The number of likely N-dealkylation sites (tertiary alicyclic amines) is 1. The van der Waals surface area contributed by atoms with Crippen LogP contribution in [0.4, 0.5) is 4.39 Å². The van der Waals surface area contributed by atoms with E-state index >= 15 is 0 Å². The van der Waals surface area contributed by atoms with Gasteiger partial charge < -0.3 is 10.2 Å². The number of hydrogen-bond acceptors (Lipinski definition) is 2. The number of hydrogen-bond donors (Lipinski definition) is 1. The zero-order valence-electron chi connectivity index (χ0n) is 13.3. The van der Waals surface area contributed by atoms with Crippen molar-refractivity contribution in [2.75, 3.05) is 19.6 Å². The molecule has 2 aliphatic rings. The van der Waals surface area contributed by atoms with Gasteiger partial charge in [-0.15, -0.1) is 0 Å². The topological polar surface area (TPSA) is 49.4 Å². The number of piperidine rings is 1. The molecule has 0 aromatic heterocycles. The highest BCUT2D eigenvalue weighted by Crippen LogP contribution is 2.32. The Morgan fingerprint density at radius 3 is 2.70 bits per heavy atom. The van der Waals surface area contributed by atoms with Crippen molar-refractivity contribution in [1.82, 2.24) is 10.2 Å². The Hall–Kier alpha value is -1.91. The van der Waals surface area contributed by atoms with Crippen molar-refractivity contribution in [3.63, 3.8) is 0 Å². The number of benzene rings is 1. The summed E-state index contributed by atoms with van der Waals surface area (Å²) in [7, 11) is 0. The Kier molecular flexibility index (Phi) is 4.94. The molecule has 3 rings (SSSR count). The van der Waals surface area contributed by atoms with E-state index in [0.29, 0.717) is 25.1 Å². The van der Waals surface area contributed by atoms with E-state index in [1.165, 1.54) is 6.07 Å². The number of carbonyl (C=O) groups is 2. The number of carbonyl (C=O) groups excluding carboxylic acids is 2. The van der Waals surface area contributed by atoms with Crippen molar-refractivity contribution >= 4 is 11.8 Å². The van der Waals surface area contributed by atoms with Gasteiger partial charge in [0.15, 0.2) is 0 Å². The molecule has 1 aromatic carbocycles. The third kappa shape index (κ3) is 4.09. The van der Waals surface area contributed by atoms with Crippen LogP contribution in [0, 0.1) is 17.7 Å². The summed E-state index contributed by atoms with van der Waals surface area (Å²) >= 11 is 0. The van der Waals surface area contributed by atoms with Gasteiger partial charge >= 0.3 is 0 Å². The Labute approximate surface area is 136 Å². The van der Waals surface area contributed by atoms with Crippen molar-refractivity contribution < 1.29 is 14.0 Å². The lowest BCUT2D eigenvalue weighted by Crippen LogP contribution is -2.46. The minimum absolute atomic E-state index is 0.0189. The van der Waals surface area contributed by atoms with Crippen molar-refractivity contribution in [1.29, 1.82) is 0 Å². The number of halogens is 1. The molecule has 23 heavy (non-hydrogen) atoms.